The lowest BCUT2D eigenvalue weighted by atomic mass is 10.1. The maximum atomic E-state index is 13.0. The molecule has 0 N–H and O–H groups in total. The van der Waals surface area contributed by atoms with E-state index in [2.05, 4.69) is 27.9 Å². The molecule has 0 aliphatic carbocycles. The zero-order valence-corrected chi connectivity index (χ0v) is 14.7. The summed E-state index contributed by atoms with van der Waals surface area (Å²) < 4.78 is 5.37. The number of anilines is 1. The van der Waals surface area contributed by atoms with Crippen molar-refractivity contribution in [2.45, 2.75) is 32.2 Å². The SMILES string of the molecule is CCc1cc2c(N3CCC[C@@H]3C(=O)N3CCOCC3)ncnc2s1. The molecular weight excluding hydrogens is 324 g/mol. The van der Waals surface area contributed by atoms with Crippen LogP contribution in [0.5, 0.6) is 0 Å². The second-order valence-electron chi connectivity index (χ2n) is 6.27. The van der Waals surface area contributed by atoms with Gasteiger partial charge in [0.2, 0.25) is 5.91 Å². The van der Waals surface area contributed by atoms with Gasteiger partial charge in [-0.15, -0.1) is 11.3 Å². The van der Waals surface area contributed by atoms with E-state index in [-0.39, 0.29) is 11.9 Å². The summed E-state index contributed by atoms with van der Waals surface area (Å²) in [7, 11) is 0. The molecule has 2 aromatic rings. The topological polar surface area (TPSA) is 58.6 Å². The van der Waals surface area contributed by atoms with Crippen LogP contribution in [0.1, 0.15) is 24.6 Å². The lowest BCUT2D eigenvalue weighted by molar-refractivity contribution is -0.136. The Bertz CT molecular complexity index is 741. The summed E-state index contributed by atoms with van der Waals surface area (Å²) in [6.07, 6.45) is 4.54. The summed E-state index contributed by atoms with van der Waals surface area (Å²) >= 11 is 1.72. The van der Waals surface area contributed by atoms with E-state index in [1.807, 2.05) is 4.90 Å². The van der Waals surface area contributed by atoms with E-state index in [1.54, 1.807) is 17.7 Å². The van der Waals surface area contributed by atoms with Gasteiger partial charge in [-0.1, -0.05) is 6.92 Å². The Morgan fingerprint density at radius 1 is 1.33 bits per heavy atom. The maximum Gasteiger partial charge on any atom is 0.245 e. The Kier molecular flexibility index (Phi) is 4.37. The first kappa shape index (κ1) is 15.8. The van der Waals surface area contributed by atoms with Gasteiger partial charge in [0, 0.05) is 24.5 Å². The number of aromatic nitrogens is 2. The molecule has 2 aliphatic heterocycles. The molecule has 24 heavy (non-hydrogen) atoms. The molecule has 1 atom stereocenters. The van der Waals surface area contributed by atoms with Crippen LogP contribution in [-0.4, -0.2) is 59.7 Å². The molecule has 2 aliphatic rings. The largest absolute Gasteiger partial charge is 0.378 e. The Morgan fingerprint density at radius 3 is 2.96 bits per heavy atom. The number of thiophene rings is 1. The van der Waals surface area contributed by atoms with E-state index in [4.69, 9.17) is 4.74 Å². The van der Waals surface area contributed by atoms with E-state index in [0.29, 0.717) is 26.3 Å². The fourth-order valence-electron chi connectivity index (χ4n) is 3.57. The highest BCUT2D eigenvalue weighted by Gasteiger charge is 2.35. The minimum atomic E-state index is -0.105. The molecule has 0 unspecified atom stereocenters. The average Bonchev–Trinajstić information content (AvgIpc) is 3.28. The standard InChI is InChI=1S/C17H22N4O2S/c1-2-12-10-13-15(18-11-19-16(13)24-12)21-5-3-4-14(21)17(22)20-6-8-23-9-7-20/h10-11,14H,2-9H2,1H3/t14-/m1/s1. The zero-order chi connectivity index (χ0) is 16.5. The molecule has 2 aromatic heterocycles. The van der Waals surface area contributed by atoms with Crippen LogP contribution in [0.4, 0.5) is 5.82 Å². The van der Waals surface area contributed by atoms with Gasteiger partial charge in [-0.25, -0.2) is 9.97 Å². The lowest BCUT2D eigenvalue weighted by Gasteiger charge is -2.33. The molecule has 7 heteroatoms. The van der Waals surface area contributed by atoms with Crippen LogP contribution in [0.2, 0.25) is 0 Å². The summed E-state index contributed by atoms with van der Waals surface area (Å²) in [5.41, 5.74) is 0. The number of aryl methyl sites for hydroxylation is 1. The van der Waals surface area contributed by atoms with Crippen LogP contribution in [0.3, 0.4) is 0 Å². The van der Waals surface area contributed by atoms with Crippen molar-refractivity contribution in [2.24, 2.45) is 0 Å². The van der Waals surface area contributed by atoms with Crippen molar-refractivity contribution in [1.29, 1.82) is 0 Å². The first-order valence-corrected chi connectivity index (χ1v) is 9.46. The third kappa shape index (κ3) is 2.75. The molecule has 0 saturated carbocycles. The number of morpholine rings is 1. The summed E-state index contributed by atoms with van der Waals surface area (Å²) in [5, 5.41) is 1.08. The van der Waals surface area contributed by atoms with E-state index < -0.39 is 0 Å². The normalized spacial score (nSPS) is 21.6. The van der Waals surface area contributed by atoms with Crippen molar-refractivity contribution in [3.63, 3.8) is 0 Å². The van der Waals surface area contributed by atoms with Gasteiger partial charge in [0.15, 0.2) is 0 Å². The first-order valence-electron chi connectivity index (χ1n) is 8.64. The number of rotatable bonds is 3. The van der Waals surface area contributed by atoms with Crippen molar-refractivity contribution < 1.29 is 9.53 Å². The van der Waals surface area contributed by atoms with Crippen molar-refractivity contribution in [3.8, 4) is 0 Å². The summed E-state index contributed by atoms with van der Waals surface area (Å²) in [6, 6.07) is 2.08. The van der Waals surface area contributed by atoms with Gasteiger partial charge >= 0.3 is 0 Å². The van der Waals surface area contributed by atoms with Gasteiger partial charge in [0.05, 0.1) is 18.6 Å². The van der Waals surface area contributed by atoms with Crippen molar-refractivity contribution in [1.82, 2.24) is 14.9 Å². The molecular formula is C17H22N4O2S. The van der Waals surface area contributed by atoms with Gasteiger partial charge in [0.25, 0.3) is 0 Å². The lowest BCUT2D eigenvalue weighted by Crippen LogP contribution is -2.50. The van der Waals surface area contributed by atoms with Crippen LogP contribution in [0, 0.1) is 0 Å². The minimum absolute atomic E-state index is 0.105. The minimum Gasteiger partial charge on any atom is -0.378 e. The van der Waals surface area contributed by atoms with Gasteiger partial charge in [0.1, 0.15) is 23.0 Å². The van der Waals surface area contributed by atoms with E-state index in [0.717, 1.165) is 41.8 Å². The predicted molar refractivity (Wildman–Crippen MR) is 94.6 cm³/mol. The van der Waals surface area contributed by atoms with Crippen molar-refractivity contribution in [3.05, 3.63) is 17.3 Å². The van der Waals surface area contributed by atoms with E-state index in [9.17, 15) is 4.79 Å². The fraction of sp³-hybridized carbons (Fsp3) is 0.588. The Labute approximate surface area is 145 Å². The number of carbonyl (C=O) groups is 1. The smallest absolute Gasteiger partial charge is 0.245 e. The summed E-state index contributed by atoms with van der Waals surface area (Å²) in [5.74, 6) is 1.13. The van der Waals surface area contributed by atoms with Crippen LogP contribution in [0.15, 0.2) is 12.4 Å². The second kappa shape index (κ2) is 6.64. The predicted octanol–water partition coefficient (Wildman–Crippen LogP) is 2.08. The number of ether oxygens (including phenoxy) is 1. The number of hydrogen-bond acceptors (Lipinski definition) is 6. The van der Waals surface area contributed by atoms with Gasteiger partial charge in [-0.05, 0) is 25.3 Å². The zero-order valence-electron chi connectivity index (χ0n) is 13.9. The Balaban J connectivity index is 1.65. The van der Waals surface area contributed by atoms with Crippen LogP contribution < -0.4 is 4.90 Å². The van der Waals surface area contributed by atoms with Crippen LogP contribution in [-0.2, 0) is 16.0 Å². The molecule has 0 aromatic carbocycles. The Hall–Kier alpha value is -1.73. The maximum absolute atomic E-state index is 13.0. The van der Waals surface area contributed by atoms with Gasteiger partial charge in [-0.2, -0.15) is 0 Å². The highest BCUT2D eigenvalue weighted by molar-refractivity contribution is 7.18. The number of carbonyl (C=O) groups excluding carboxylic acids is 1. The molecule has 0 bridgehead atoms. The highest BCUT2D eigenvalue weighted by atomic mass is 32.1. The van der Waals surface area contributed by atoms with Crippen LogP contribution >= 0.6 is 11.3 Å². The number of fused-ring (bicyclic) bond motifs is 1. The first-order chi connectivity index (χ1) is 11.8. The van der Waals surface area contributed by atoms with Crippen molar-refractivity contribution in [2.75, 3.05) is 37.7 Å². The van der Waals surface area contributed by atoms with Gasteiger partial charge in [-0.3, -0.25) is 4.79 Å². The molecule has 4 rings (SSSR count). The quantitative estimate of drug-likeness (QED) is 0.852. The van der Waals surface area contributed by atoms with Gasteiger partial charge < -0.3 is 14.5 Å². The third-order valence-corrected chi connectivity index (χ3v) is 6.03. The average molecular weight is 346 g/mol. The monoisotopic (exact) mass is 346 g/mol. The molecule has 2 saturated heterocycles. The Morgan fingerprint density at radius 2 is 2.17 bits per heavy atom. The molecule has 0 radical (unpaired) electrons. The van der Waals surface area contributed by atoms with Crippen LogP contribution in [0.25, 0.3) is 10.2 Å². The fourth-order valence-corrected chi connectivity index (χ4v) is 4.50. The summed E-state index contributed by atoms with van der Waals surface area (Å²) in [4.78, 5) is 28.4. The van der Waals surface area contributed by atoms with E-state index in [1.165, 1.54) is 4.88 Å². The van der Waals surface area contributed by atoms with Crippen molar-refractivity contribution >= 4 is 33.3 Å². The molecule has 0 spiro atoms. The van der Waals surface area contributed by atoms with E-state index >= 15 is 0 Å². The molecule has 2 fully saturated rings. The second-order valence-corrected chi connectivity index (χ2v) is 7.39. The molecule has 1 amide bonds. The number of hydrogen-bond donors (Lipinski definition) is 0. The number of nitrogens with zero attached hydrogens (tertiary/aromatic N) is 4. The molecule has 6 nitrogen and oxygen atoms in total. The number of amides is 1. The molecule has 128 valence electrons. The summed E-state index contributed by atoms with van der Waals surface area (Å²) in [6.45, 7) is 5.70. The molecule has 4 heterocycles. The highest BCUT2D eigenvalue weighted by Crippen LogP contribution is 2.34. The third-order valence-electron chi connectivity index (χ3n) is 4.84.